The third kappa shape index (κ3) is 4.82. The minimum Gasteiger partial charge on any atom is -0.479 e. The number of rotatable bonds is 6. The Kier molecular flexibility index (Phi) is 6.53. The van der Waals surface area contributed by atoms with Crippen molar-refractivity contribution in [3.63, 3.8) is 0 Å². The standard InChI is InChI=1S/C20H17BrN2O4S/c1-2-15(19(25)26)27-16-10-6-3-7-12(16)11-17-18(24)23-20(28-17)22-14-9-5-4-8-13(14)21/h3-11,15H,2H2,1H3,(H,25,26)(H,22,23,24)/b17-11+. The lowest BCUT2D eigenvalue weighted by atomic mass is 10.1. The van der Waals surface area contributed by atoms with E-state index < -0.39 is 12.1 Å². The molecule has 1 aliphatic rings. The maximum Gasteiger partial charge on any atom is 0.344 e. The third-order valence-electron chi connectivity index (χ3n) is 3.85. The molecule has 1 saturated heterocycles. The fourth-order valence-electron chi connectivity index (χ4n) is 2.44. The van der Waals surface area contributed by atoms with E-state index in [1.807, 2.05) is 24.3 Å². The molecule has 2 aromatic carbocycles. The van der Waals surface area contributed by atoms with Crippen LogP contribution in [0.25, 0.3) is 6.08 Å². The Morgan fingerprint density at radius 2 is 2.00 bits per heavy atom. The Morgan fingerprint density at radius 3 is 2.71 bits per heavy atom. The van der Waals surface area contributed by atoms with Gasteiger partial charge in [0, 0.05) is 10.0 Å². The van der Waals surface area contributed by atoms with Crippen molar-refractivity contribution in [1.82, 2.24) is 5.32 Å². The van der Waals surface area contributed by atoms with Crippen LogP contribution in [0.15, 0.2) is 62.9 Å². The quantitative estimate of drug-likeness (QED) is 0.615. The number of carbonyl (C=O) groups is 2. The van der Waals surface area contributed by atoms with Crippen molar-refractivity contribution in [2.24, 2.45) is 4.99 Å². The predicted molar refractivity (Wildman–Crippen MR) is 114 cm³/mol. The van der Waals surface area contributed by atoms with Gasteiger partial charge in [-0.1, -0.05) is 37.3 Å². The number of amidine groups is 1. The number of halogens is 1. The highest BCUT2D eigenvalue weighted by molar-refractivity contribution is 9.10. The first-order valence-corrected chi connectivity index (χ1v) is 10.1. The van der Waals surface area contributed by atoms with Crippen LogP contribution in [0.1, 0.15) is 18.9 Å². The van der Waals surface area contributed by atoms with Gasteiger partial charge in [0.2, 0.25) is 0 Å². The van der Waals surface area contributed by atoms with Crippen LogP contribution < -0.4 is 10.1 Å². The Morgan fingerprint density at radius 1 is 1.29 bits per heavy atom. The number of hydrogen-bond acceptors (Lipinski definition) is 5. The van der Waals surface area contributed by atoms with Crippen molar-refractivity contribution in [1.29, 1.82) is 0 Å². The Hall–Kier alpha value is -2.58. The summed E-state index contributed by atoms with van der Waals surface area (Å²) in [6, 6.07) is 14.5. The number of carbonyl (C=O) groups excluding carboxylic acids is 1. The van der Waals surface area contributed by atoms with E-state index in [1.165, 1.54) is 11.8 Å². The molecule has 8 heteroatoms. The molecule has 0 radical (unpaired) electrons. The molecule has 0 spiro atoms. The lowest BCUT2D eigenvalue weighted by Crippen LogP contribution is -2.26. The van der Waals surface area contributed by atoms with Gasteiger partial charge in [0.25, 0.3) is 5.91 Å². The van der Waals surface area contributed by atoms with E-state index in [-0.39, 0.29) is 5.91 Å². The van der Waals surface area contributed by atoms with Crippen LogP contribution in [0.5, 0.6) is 5.75 Å². The number of nitrogens with zero attached hydrogens (tertiary/aromatic N) is 1. The number of thioether (sulfide) groups is 1. The summed E-state index contributed by atoms with van der Waals surface area (Å²) in [6.07, 6.45) is 1.06. The lowest BCUT2D eigenvalue weighted by Gasteiger charge is -2.15. The summed E-state index contributed by atoms with van der Waals surface area (Å²) >= 11 is 4.64. The fraction of sp³-hybridized carbons (Fsp3) is 0.150. The number of para-hydroxylation sites is 2. The van der Waals surface area contributed by atoms with Gasteiger partial charge in [0.1, 0.15) is 5.75 Å². The van der Waals surface area contributed by atoms with Gasteiger partial charge in [-0.25, -0.2) is 9.79 Å². The maximum absolute atomic E-state index is 12.3. The highest BCUT2D eigenvalue weighted by Crippen LogP contribution is 2.32. The second-order valence-corrected chi connectivity index (χ2v) is 7.71. The summed E-state index contributed by atoms with van der Waals surface area (Å²) in [7, 11) is 0. The Balaban J connectivity index is 1.85. The van der Waals surface area contributed by atoms with Crippen molar-refractivity contribution < 1.29 is 19.4 Å². The Bertz CT molecular complexity index is 974. The number of aliphatic imine (C=N–C) groups is 1. The lowest BCUT2D eigenvalue weighted by molar-refractivity contribution is -0.145. The molecule has 3 rings (SSSR count). The zero-order chi connectivity index (χ0) is 20.1. The number of hydrogen-bond donors (Lipinski definition) is 2. The maximum atomic E-state index is 12.3. The molecule has 1 unspecified atom stereocenters. The first-order valence-electron chi connectivity index (χ1n) is 8.50. The smallest absolute Gasteiger partial charge is 0.344 e. The minimum atomic E-state index is -1.03. The van der Waals surface area contributed by atoms with E-state index in [0.29, 0.717) is 33.5 Å². The second kappa shape index (κ2) is 9.07. The van der Waals surface area contributed by atoms with Gasteiger partial charge in [-0.05, 0) is 58.4 Å². The summed E-state index contributed by atoms with van der Waals surface area (Å²) < 4.78 is 6.45. The monoisotopic (exact) mass is 460 g/mol. The van der Waals surface area contributed by atoms with E-state index in [0.717, 1.165) is 4.47 Å². The van der Waals surface area contributed by atoms with Gasteiger partial charge in [-0.2, -0.15) is 0 Å². The molecule has 1 atom stereocenters. The van der Waals surface area contributed by atoms with Crippen LogP contribution in [0, 0.1) is 0 Å². The van der Waals surface area contributed by atoms with E-state index >= 15 is 0 Å². The zero-order valence-electron chi connectivity index (χ0n) is 14.9. The topological polar surface area (TPSA) is 88.0 Å². The van der Waals surface area contributed by atoms with Gasteiger partial charge in [0.15, 0.2) is 11.3 Å². The fourth-order valence-corrected chi connectivity index (χ4v) is 3.64. The number of nitrogens with one attached hydrogen (secondary N) is 1. The molecule has 144 valence electrons. The molecular weight excluding hydrogens is 444 g/mol. The first kappa shape index (κ1) is 20.2. The number of ether oxygens (including phenoxy) is 1. The van der Waals surface area contributed by atoms with Crippen LogP contribution in [-0.4, -0.2) is 28.3 Å². The van der Waals surface area contributed by atoms with E-state index in [9.17, 15) is 14.7 Å². The van der Waals surface area contributed by atoms with Crippen LogP contribution in [-0.2, 0) is 9.59 Å². The molecule has 1 fully saturated rings. The number of amides is 1. The molecule has 1 aliphatic heterocycles. The van der Waals surface area contributed by atoms with Gasteiger partial charge < -0.3 is 15.2 Å². The minimum absolute atomic E-state index is 0.268. The highest BCUT2D eigenvalue weighted by Gasteiger charge is 2.25. The number of benzene rings is 2. The molecule has 2 aromatic rings. The normalized spacial score (nSPS) is 17.6. The van der Waals surface area contributed by atoms with Crippen molar-refractivity contribution in [2.75, 3.05) is 0 Å². The van der Waals surface area contributed by atoms with Crippen molar-refractivity contribution in [3.8, 4) is 5.75 Å². The molecule has 2 N–H and O–H groups in total. The van der Waals surface area contributed by atoms with Gasteiger partial charge in [0.05, 0.1) is 10.6 Å². The Labute approximate surface area is 174 Å². The average Bonchev–Trinajstić information content (AvgIpc) is 3.01. The SMILES string of the molecule is CCC(Oc1ccccc1/C=C1/SC(=Nc2ccccc2Br)NC1=O)C(=O)O. The summed E-state index contributed by atoms with van der Waals surface area (Å²) in [6.45, 7) is 1.74. The molecule has 0 saturated carbocycles. The average molecular weight is 461 g/mol. The van der Waals surface area contributed by atoms with Gasteiger partial charge in [-0.15, -0.1) is 0 Å². The molecule has 1 amide bonds. The summed E-state index contributed by atoms with van der Waals surface area (Å²) in [4.78, 5) is 28.5. The second-order valence-electron chi connectivity index (χ2n) is 5.82. The third-order valence-corrected chi connectivity index (χ3v) is 5.43. The summed E-state index contributed by atoms with van der Waals surface area (Å²) in [5.74, 6) is -0.884. The number of carboxylic acid groups (broad SMARTS) is 1. The molecule has 6 nitrogen and oxygen atoms in total. The summed E-state index contributed by atoms with van der Waals surface area (Å²) in [5, 5.41) is 12.4. The summed E-state index contributed by atoms with van der Waals surface area (Å²) in [5.41, 5.74) is 1.34. The molecule has 0 bridgehead atoms. The number of carboxylic acids is 1. The number of aliphatic carboxylic acids is 1. The zero-order valence-corrected chi connectivity index (χ0v) is 17.3. The highest BCUT2D eigenvalue weighted by atomic mass is 79.9. The largest absolute Gasteiger partial charge is 0.479 e. The molecular formula is C20H17BrN2O4S. The van der Waals surface area contributed by atoms with Gasteiger partial charge in [-0.3, -0.25) is 4.79 Å². The predicted octanol–water partition coefficient (Wildman–Crippen LogP) is 4.58. The van der Waals surface area contributed by atoms with Gasteiger partial charge >= 0.3 is 5.97 Å². The molecule has 0 aromatic heterocycles. The van der Waals surface area contributed by atoms with E-state index in [2.05, 4.69) is 26.2 Å². The molecule has 28 heavy (non-hydrogen) atoms. The first-order chi connectivity index (χ1) is 13.5. The molecule has 1 heterocycles. The van der Waals surface area contributed by atoms with E-state index in [1.54, 1.807) is 37.3 Å². The van der Waals surface area contributed by atoms with Crippen LogP contribution in [0.3, 0.4) is 0 Å². The van der Waals surface area contributed by atoms with Crippen molar-refractivity contribution in [3.05, 3.63) is 63.5 Å². The van der Waals surface area contributed by atoms with E-state index in [4.69, 9.17) is 4.74 Å². The molecule has 0 aliphatic carbocycles. The van der Waals surface area contributed by atoms with Crippen LogP contribution >= 0.6 is 27.7 Å². The van der Waals surface area contributed by atoms with Crippen molar-refractivity contribution in [2.45, 2.75) is 19.4 Å². The van der Waals surface area contributed by atoms with Crippen LogP contribution in [0.4, 0.5) is 5.69 Å². The van der Waals surface area contributed by atoms with Crippen LogP contribution in [0.2, 0.25) is 0 Å². The van der Waals surface area contributed by atoms with Crippen molar-refractivity contribution >= 4 is 56.5 Å².